The SMILES string of the molecule is C1=CC(c2ccc(N(c3ccc(-c4ccccc4)cc3)c3ccc(-c4ccc(N(c5ccc6c(c5)C5(CCCCC5)c5ccccc5-6)c5cccc6ccccc56)cc4)cc3)cc2)=CCC1. The van der Waals surface area contributed by atoms with Crippen molar-refractivity contribution >= 4 is 50.5 Å². The van der Waals surface area contributed by atoms with Crippen molar-refractivity contribution in [2.45, 2.75) is 50.4 Å². The predicted molar refractivity (Wildman–Crippen MR) is 280 cm³/mol. The number of anilines is 6. The van der Waals surface area contributed by atoms with E-state index in [1.165, 1.54) is 110 Å². The third kappa shape index (κ3) is 7.14. The van der Waals surface area contributed by atoms with Gasteiger partial charge in [-0.2, -0.15) is 0 Å². The number of hydrogen-bond acceptors (Lipinski definition) is 2. The van der Waals surface area contributed by atoms with Gasteiger partial charge in [0.1, 0.15) is 0 Å². The maximum atomic E-state index is 2.54. The van der Waals surface area contributed by atoms with Crippen LogP contribution >= 0.6 is 0 Å². The monoisotopic (exact) mass is 848 g/mol. The van der Waals surface area contributed by atoms with Crippen molar-refractivity contribution in [3.8, 4) is 33.4 Å². The van der Waals surface area contributed by atoms with Crippen LogP contribution < -0.4 is 9.80 Å². The molecule has 0 aliphatic heterocycles. The van der Waals surface area contributed by atoms with Crippen LogP contribution in [-0.4, -0.2) is 0 Å². The Morgan fingerprint density at radius 3 is 1.55 bits per heavy atom. The van der Waals surface area contributed by atoms with E-state index in [4.69, 9.17) is 0 Å². The lowest BCUT2D eigenvalue weighted by Crippen LogP contribution is -2.28. The van der Waals surface area contributed by atoms with Gasteiger partial charge in [0.15, 0.2) is 0 Å². The van der Waals surface area contributed by atoms with E-state index < -0.39 is 0 Å². The Hall–Kier alpha value is -7.68. The summed E-state index contributed by atoms with van der Waals surface area (Å²) in [7, 11) is 0. The molecule has 0 amide bonds. The number of nitrogens with zero attached hydrogens (tertiary/aromatic N) is 2. The van der Waals surface area contributed by atoms with Crippen LogP contribution in [0, 0.1) is 0 Å². The summed E-state index contributed by atoms with van der Waals surface area (Å²) >= 11 is 0. The highest BCUT2D eigenvalue weighted by Gasteiger charge is 2.44. The maximum absolute atomic E-state index is 2.54. The largest absolute Gasteiger partial charge is 0.311 e. The number of allylic oxidation sites excluding steroid dienone is 4. The van der Waals surface area contributed by atoms with Gasteiger partial charge in [-0.1, -0.05) is 183 Å². The first-order chi connectivity index (χ1) is 32.7. The number of benzene rings is 9. The van der Waals surface area contributed by atoms with Crippen LogP contribution in [0.5, 0.6) is 0 Å². The minimum Gasteiger partial charge on any atom is -0.311 e. The molecule has 3 aliphatic carbocycles. The first-order valence-corrected chi connectivity index (χ1v) is 23.9. The van der Waals surface area contributed by atoms with E-state index in [0.29, 0.717) is 0 Å². The van der Waals surface area contributed by atoms with Gasteiger partial charge in [0.2, 0.25) is 0 Å². The standard InChI is InChI=1S/C64H52N2/c1-4-15-46(16-5-1)48-25-33-53(34-26-48)65(54-35-27-49(28-36-54)47-17-6-2-7-18-47)55-37-29-50(30-38-55)51-31-39-56(40-32-51)66(63-24-14-20-52-19-8-9-21-58(52)63)57-41-42-60-59-22-10-11-23-61(59)64(62(60)45-57)43-12-3-13-44-64/h1,4-6,8-11,14-42,45H,2-3,7,12-13,43-44H2. The summed E-state index contributed by atoms with van der Waals surface area (Å²) in [5.41, 5.74) is 20.2. The van der Waals surface area contributed by atoms with Crippen LogP contribution in [-0.2, 0) is 5.41 Å². The van der Waals surface area contributed by atoms with Crippen LogP contribution in [0.3, 0.4) is 0 Å². The molecule has 0 aromatic heterocycles. The van der Waals surface area contributed by atoms with Gasteiger partial charge in [0.05, 0.1) is 5.69 Å². The highest BCUT2D eigenvalue weighted by Crippen LogP contribution is 2.57. The molecule has 1 saturated carbocycles. The van der Waals surface area contributed by atoms with Crippen molar-refractivity contribution in [1.29, 1.82) is 0 Å². The molecule has 0 bridgehead atoms. The van der Waals surface area contributed by atoms with E-state index in [1.807, 2.05) is 0 Å². The molecule has 0 heterocycles. The number of hydrogen-bond donors (Lipinski definition) is 0. The number of rotatable bonds is 9. The summed E-state index contributed by atoms with van der Waals surface area (Å²) in [4.78, 5) is 4.85. The minimum absolute atomic E-state index is 0.0790. The molecule has 0 radical (unpaired) electrons. The Labute approximate surface area is 389 Å². The second-order valence-electron chi connectivity index (χ2n) is 18.3. The molecule has 1 spiro atoms. The first-order valence-electron chi connectivity index (χ1n) is 23.9. The van der Waals surface area contributed by atoms with Crippen LogP contribution in [0.25, 0.3) is 49.7 Å². The second kappa shape index (κ2) is 17.0. The zero-order valence-electron chi connectivity index (χ0n) is 37.3. The minimum atomic E-state index is 0.0790. The van der Waals surface area contributed by atoms with Crippen molar-refractivity contribution < 1.29 is 0 Å². The second-order valence-corrected chi connectivity index (χ2v) is 18.3. The summed E-state index contributed by atoms with van der Waals surface area (Å²) in [6.07, 6.45) is 15.4. The smallest absolute Gasteiger partial charge is 0.0540 e. The molecule has 0 N–H and O–H groups in total. The average molecular weight is 849 g/mol. The van der Waals surface area contributed by atoms with E-state index in [0.717, 1.165) is 35.6 Å². The van der Waals surface area contributed by atoms with Gasteiger partial charge in [0, 0.05) is 39.2 Å². The van der Waals surface area contributed by atoms with E-state index in [-0.39, 0.29) is 5.41 Å². The molecule has 12 rings (SSSR count). The maximum Gasteiger partial charge on any atom is 0.0540 e. The molecule has 2 heteroatoms. The van der Waals surface area contributed by atoms with Crippen LogP contribution in [0.4, 0.5) is 34.1 Å². The third-order valence-electron chi connectivity index (χ3n) is 14.5. The van der Waals surface area contributed by atoms with E-state index in [2.05, 4.69) is 240 Å². The molecule has 2 nitrogen and oxygen atoms in total. The van der Waals surface area contributed by atoms with Crippen molar-refractivity contribution in [3.63, 3.8) is 0 Å². The van der Waals surface area contributed by atoms with Crippen LogP contribution in [0.2, 0.25) is 0 Å². The van der Waals surface area contributed by atoms with Gasteiger partial charge in [-0.15, -0.1) is 0 Å². The molecule has 66 heavy (non-hydrogen) atoms. The zero-order valence-corrected chi connectivity index (χ0v) is 37.3. The van der Waals surface area contributed by atoms with Crippen LogP contribution in [0.15, 0.2) is 231 Å². The zero-order chi connectivity index (χ0) is 43.9. The first kappa shape index (κ1) is 39.9. The molecule has 0 atom stereocenters. The van der Waals surface area contributed by atoms with Gasteiger partial charge in [0.25, 0.3) is 0 Å². The van der Waals surface area contributed by atoms with Gasteiger partial charge in [-0.05, 0) is 153 Å². The van der Waals surface area contributed by atoms with Crippen molar-refractivity contribution in [1.82, 2.24) is 0 Å². The van der Waals surface area contributed by atoms with Crippen molar-refractivity contribution in [3.05, 3.63) is 247 Å². The number of fused-ring (bicyclic) bond motifs is 6. The fraction of sp³-hybridized carbons (Fsp3) is 0.125. The lowest BCUT2D eigenvalue weighted by atomic mass is 9.68. The molecule has 1 fully saturated rings. The summed E-state index contributed by atoms with van der Waals surface area (Å²) in [6, 6.07) is 78.9. The highest BCUT2D eigenvalue weighted by atomic mass is 15.1. The average Bonchev–Trinajstić information content (AvgIpc) is 3.65. The molecular weight excluding hydrogens is 797 g/mol. The highest BCUT2D eigenvalue weighted by molar-refractivity contribution is 5.99. The molecule has 9 aromatic rings. The predicted octanol–water partition coefficient (Wildman–Crippen LogP) is 18.1. The van der Waals surface area contributed by atoms with Crippen molar-refractivity contribution in [2.75, 3.05) is 9.80 Å². The van der Waals surface area contributed by atoms with Gasteiger partial charge in [-0.3, -0.25) is 0 Å². The van der Waals surface area contributed by atoms with E-state index in [1.54, 1.807) is 0 Å². The summed E-state index contributed by atoms with van der Waals surface area (Å²) in [6.45, 7) is 0. The summed E-state index contributed by atoms with van der Waals surface area (Å²) in [5.74, 6) is 0. The summed E-state index contributed by atoms with van der Waals surface area (Å²) in [5, 5.41) is 2.48. The Balaban J connectivity index is 0.900. The third-order valence-corrected chi connectivity index (χ3v) is 14.5. The lowest BCUT2D eigenvalue weighted by Gasteiger charge is -2.36. The fourth-order valence-corrected chi connectivity index (χ4v) is 11.2. The van der Waals surface area contributed by atoms with Gasteiger partial charge in [-0.25, -0.2) is 0 Å². The lowest BCUT2D eigenvalue weighted by molar-refractivity contribution is 0.353. The van der Waals surface area contributed by atoms with Gasteiger partial charge >= 0.3 is 0 Å². The Kier molecular flexibility index (Phi) is 10.3. The molecule has 0 unspecified atom stereocenters. The Morgan fingerprint density at radius 2 is 0.894 bits per heavy atom. The fourth-order valence-electron chi connectivity index (χ4n) is 11.2. The molecule has 318 valence electrons. The quantitative estimate of drug-likeness (QED) is 0.143. The topological polar surface area (TPSA) is 6.48 Å². The van der Waals surface area contributed by atoms with Crippen LogP contribution in [0.1, 0.15) is 61.6 Å². The molecule has 9 aromatic carbocycles. The van der Waals surface area contributed by atoms with E-state index in [9.17, 15) is 0 Å². The summed E-state index contributed by atoms with van der Waals surface area (Å²) < 4.78 is 0. The van der Waals surface area contributed by atoms with Crippen molar-refractivity contribution in [2.24, 2.45) is 0 Å². The molecule has 3 aliphatic rings. The normalized spacial score (nSPS) is 14.7. The van der Waals surface area contributed by atoms with Gasteiger partial charge < -0.3 is 9.80 Å². The molecule has 0 saturated heterocycles. The Bertz CT molecular complexity index is 3240. The van der Waals surface area contributed by atoms with E-state index >= 15 is 0 Å². The Morgan fingerprint density at radius 1 is 0.364 bits per heavy atom. The molecular formula is C64H52N2.